The average molecular weight is 376 g/mol. The zero-order valence-corrected chi connectivity index (χ0v) is 15.1. The van der Waals surface area contributed by atoms with Crippen LogP contribution in [0, 0.1) is 11.8 Å². The Hall–Kier alpha value is -2.51. The molecule has 0 N–H and O–H groups in total. The first kappa shape index (κ1) is 17.9. The van der Waals surface area contributed by atoms with Crippen LogP contribution in [0.1, 0.15) is 25.1 Å². The Balaban J connectivity index is 1.44. The standard InChI is InChI=1S/C19H22F2N4O2/c1-23-18(27)25(14-5-3-2-4-6-14)16(22-23)11-13-7-9-24(10-8-13)17(26)15-12-19(15,20)21/h2-6,13,15H,7-12H2,1H3/t15-/m0/s1. The first-order chi connectivity index (χ1) is 12.9. The number of piperidine rings is 1. The third kappa shape index (κ3) is 3.40. The summed E-state index contributed by atoms with van der Waals surface area (Å²) in [5.74, 6) is -3.40. The minimum absolute atomic E-state index is 0.195. The van der Waals surface area contributed by atoms with E-state index < -0.39 is 17.7 Å². The van der Waals surface area contributed by atoms with Gasteiger partial charge in [0.25, 0.3) is 5.92 Å². The Morgan fingerprint density at radius 3 is 2.44 bits per heavy atom. The first-order valence-corrected chi connectivity index (χ1v) is 9.24. The molecule has 2 fully saturated rings. The summed E-state index contributed by atoms with van der Waals surface area (Å²) in [7, 11) is 1.63. The highest BCUT2D eigenvalue weighted by atomic mass is 19.3. The van der Waals surface area contributed by atoms with Gasteiger partial charge >= 0.3 is 5.69 Å². The topological polar surface area (TPSA) is 60.1 Å². The van der Waals surface area contributed by atoms with Crippen LogP contribution in [0.15, 0.2) is 35.1 Å². The number of rotatable bonds is 4. The van der Waals surface area contributed by atoms with E-state index in [0.29, 0.717) is 25.3 Å². The molecule has 0 spiro atoms. The number of nitrogens with zero attached hydrogens (tertiary/aromatic N) is 4. The van der Waals surface area contributed by atoms with Gasteiger partial charge in [-0.1, -0.05) is 18.2 Å². The van der Waals surface area contributed by atoms with E-state index in [0.717, 1.165) is 18.5 Å². The molecule has 1 aromatic carbocycles. The van der Waals surface area contributed by atoms with E-state index in [1.54, 1.807) is 16.5 Å². The van der Waals surface area contributed by atoms with Crippen molar-refractivity contribution in [3.63, 3.8) is 0 Å². The fourth-order valence-corrected chi connectivity index (χ4v) is 3.80. The number of halogens is 2. The maximum Gasteiger partial charge on any atom is 0.350 e. The summed E-state index contributed by atoms with van der Waals surface area (Å²) in [4.78, 5) is 26.1. The summed E-state index contributed by atoms with van der Waals surface area (Å²) < 4.78 is 29.2. The summed E-state index contributed by atoms with van der Waals surface area (Å²) in [6.45, 7) is 0.969. The molecule has 2 aliphatic rings. The Labute approximate surface area is 155 Å². The van der Waals surface area contributed by atoms with E-state index in [9.17, 15) is 18.4 Å². The number of carbonyl (C=O) groups excluding carboxylic acids is 1. The van der Waals surface area contributed by atoms with Gasteiger partial charge in [0.05, 0.1) is 5.69 Å². The SMILES string of the molecule is Cn1nc(CC2CCN(C(=O)[C@@H]3CC3(F)F)CC2)n(-c2ccccc2)c1=O. The number of aromatic nitrogens is 3. The zero-order valence-electron chi connectivity index (χ0n) is 15.1. The molecule has 1 amide bonds. The number of amides is 1. The normalized spacial score (nSPS) is 22.0. The van der Waals surface area contributed by atoms with Crippen LogP contribution >= 0.6 is 0 Å². The lowest BCUT2D eigenvalue weighted by molar-refractivity contribution is -0.136. The predicted molar refractivity (Wildman–Crippen MR) is 94.9 cm³/mol. The molecule has 2 aromatic rings. The maximum absolute atomic E-state index is 13.1. The molecule has 1 saturated carbocycles. The third-order valence-electron chi connectivity index (χ3n) is 5.53. The van der Waals surface area contributed by atoms with E-state index in [2.05, 4.69) is 5.10 Å². The van der Waals surface area contributed by atoms with E-state index in [4.69, 9.17) is 0 Å². The highest BCUT2D eigenvalue weighted by Gasteiger charge is 2.62. The van der Waals surface area contributed by atoms with Gasteiger partial charge in [-0.2, -0.15) is 5.10 Å². The number of para-hydroxylation sites is 1. The fraction of sp³-hybridized carbons (Fsp3) is 0.526. The zero-order chi connectivity index (χ0) is 19.2. The number of likely N-dealkylation sites (tertiary alicyclic amines) is 1. The summed E-state index contributed by atoms with van der Waals surface area (Å²) in [6, 6.07) is 9.36. The maximum atomic E-state index is 13.1. The van der Waals surface area contributed by atoms with E-state index in [1.165, 1.54) is 4.68 Å². The molecule has 4 rings (SSSR count). The van der Waals surface area contributed by atoms with E-state index >= 15 is 0 Å². The summed E-state index contributed by atoms with van der Waals surface area (Å²) in [6.07, 6.45) is 1.75. The number of hydrogen-bond acceptors (Lipinski definition) is 3. The molecule has 1 aliphatic carbocycles. The number of aryl methyl sites for hydroxylation is 1. The molecule has 144 valence electrons. The van der Waals surface area contributed by atoms with Crippen molar-refractivity contribution in [3.05, 3.63) is 46.6 Å². The fourth-order valence-electron chi connectivity index (χ4n) is 3.80. The van der Waals surface area contributed by atoms with Crippen LogP contribution in [0.2, 0.25) is 0 Å². The van der Waals surface area contributed by atoms with Crippen molar-refractivity contribution < 1.29 is 13.6 Å². The van der Waals surface area contributed by atoms with Crippen molar-refractivity contribution in [2.24, 2.45) is 18.9 Å². The average Bonchev–Trinajstić information content (AvgIpc) is 3.21. The highest BCUT2D eigenvalue weighted by Crippen LogP contribution is 2.49. The first-order valence-electron chi connectivity index (χ1n) is 9.24. The summed E-state index contributed by atoms with van der Waals surface area (Å²) >= 11 is 0. The summed E-state index contributed by atoms with van der Waals surface area (Å²) in [5, 5.41) is 4.38. The molecule has 1 saturated heterocycles. The molecule has 1 aromatic heterocycles. The van der Waals surface area contributed by atoms with Gasteiger partial charge < -0.3 is 4.90 Å². The van der Waals surface area contributed by atoms with Crippen molar-refractivity contribution in [2.75, 3.05) is 13.1 Å². The molecule has 1 aliphatic heterocycles. The molecular weight excluding hydrogens is 354 g/mol. The monoisotopic (exact) mass is 376 g/mol. The minimum atomic E-state index is -2.81. The number of carbonyl (C=O) groups is 1. The van der Waals surface area contributed by atoms with Gasteiger partial charge in [0, 0.05) is 33.0 Å². The molecule has 2 heterocycles. The number of alkyl halides is 2. The van der Waals surface area contributed by atoms with Crippen LogP contribution in [-0.4, -0.2) is 44.2 Å². The lowest BCUT2D eigenvalue weighted by Crippen LogP contribution is -2.40. The Bertz CT molecular complexity index is 898. The Morgan fingerprint density at radius 2 is 1.85 bits per heavy atom. The molecule has 6 nitrogen and oxygen atoms in total. The molecular formula is C19H22F2N4O2. The minimum Gasteiger partial charge on any atom is -0.342 e. The van der Waals surface area contributed by atoms with E-state index in [-0.39, 0.29) is 18.0 Å². The van der Waals surface area contributed by atoms with Crippen LogP contribution in [0.3, 0.4) is 0 Å². The lowest BCUT2D eigenvalue weighted by atomic mass is 9.93. The molecule has 0 unspecified atom stereocenters. The quantitative estimate of drug-likeness (QED) is 0.820. The molecule has 27 heavy (non-hydrogen) atoms. The second-order valence-corrected chi connectivity index (χ2v) is 7.48. The van der Waals surface area contributed by atoms with Crippen molar-refractivity contribution in [2.45, 2.75) is 31.6 Å². The van der Waals surface area contributed by atoms with Gasteiger partial charge in [-0.05, 0) is 30.9 Å². The van der Waals surface area contributed by atoms with Gasteiger partial charge in [0.2, 0.25) is 5.91 Å². The molecule has 0 bridgehead atoms. The van der Waals surface area contributed by atoms with Crippen molar-refractivity contribution >= 4 is 5.91 Å². The lowest BCUT2D eigenvalue weighted by Gasteiger charge is -2.32. The van der Waals surface area contributed by atoms with Gasteiger partial charge in [-0.15, -0.1) is 0 Å². The van der Waals surface area contributed by atoms with Crippen molar-refractivity contribution in [3.8, 4) is 5.69 Å². The van der Waals surface area contributed by atoms with E-state index in [1.807, 2.05) is 30.3 Å². The Kier molecular flexibility index (Phi) is 4.36. The molecule has 1 atom stereocenters. The second-order valence-electron chi connectivity index (χ2n) is 7.48. The van der Waals surface area contributed by atoms with Crippen LogP contribution in [0.25, 0.3) is 5.69 Å². The van der Waals surface area contributed by atoms with Crippen molar-refractivity contribution in [1.82, 2.24) is 19.2 Å². The van der Waals surface area contributed by atoms with Crippen LogP contribution in [0.4, 0.5) is 8.78 Å². The number of benzene rings is 1. The van der Waals surface area contributed by atoms with Crippen molar-refractivity contribution in [1.29, 1.82) is 0 Å². The van der Waals surface area contributed by atoms with Crippen LogP contribution in [0.5, 0.6) is 0 Å². The Morgan fingerprint density at radius 1 is 1.22 bits per heavy atom. The van der Waals surface area contributed by atoms with Crippen LogP contribution in [-0.2, 0) is 18.3 Å². The van der Waals surface area contributed by atoms with Crippen LogP contribution < -0.4 is 5.69 Å². The van der Waals surface area contributed by atoms with Gasteiger partial charge in [0.15, 0.2) is 0 Å². The van der Waals surface area contributed by atoms with Gasteiger partial charge in [-0.25, -0.2) is 22.8 Å². The van der Waals surface area contributed by atoms with Gasteiger partial charge in [-0.3, -0.25) is 4.79 Å². The summed E-state index contributed by atoms with van der Waals surface area (Å²) in [5.41, 5.74) is 0.578. The molecule has 0 radical (unpaired) electrons. The molecule has 8 heteroatoms. The highest BCUT2D eigenvalue weighted by molar-refractivity contribution is 5.83. The largest absolute Gasteiger partial charge is 0.350 e. The number of hydrogen-bond donors (Lipinski definition) is 0. The third-order valence-corrected chi connectivity index (χ3v) is 5.53. The smallest absolute Gasteiger partial charge is 0.342 e. The second kappa shape index (κ2) is 6.58. The van der Waals surface area contributed by atoms with Gasteiger partial charge in [0.1, 0.15) is 11.7 Å². The predicted octanol–water partition coefficient (Wildman–Crippen LogP) is 2.01.